The molecule has 0 N–H and O–H groups in total. The van der Waals surface area contributed by atoms with Gasteiger partial charge in [-0.25, -0.2) is 4.79 Å². The Morgan fingerprint density at radius 2 is 1.77 bits per heavy atom. The van der Waals surface area contributed by atoms with Gasteiger partial charge in [0.2, 0.25) is 5.91 Å². The van der Waals surface area contributed by atoms with Crippen molar-refractivity contribution in [1.82, 2.24) is 9.80 Å². The fourth-order valence-corrected chi connectivity index (χ4v) is 4.86. The predicted octanol–water partition coefficient (Wildman–Crippen LogP) is 4.12. The molecule has 0 aliphatic carbocycles. The summed E-state index contributed by atoms with van der Waals surface area (Å²) in [6, 6.07) is 3.15. The molecule has 35 heavy (non-hydrogen) atoms. The van der Waals surface area contributed by atoms with Gasteiger partial charge in [0.25, 0.3) is 11.1 Å². The van der Waals surface area contributed by atoms with E-state index in [1.165, 1.54) is 6.08 Å². The smallest absolute Gasteiger partial charge is 0.344 e. The summed E-state index contributed by atoms with van der Waals surface area (Å²) >= 11 is 7.14. The molecule has 0 aromatic heterocycles. The topological polar surface area (TPSA) is 102 Å². The van der Waals surface area contributed by atoms with Crippen LogP contribution in [0.3, 0.4) is 0 Å². The lowest BCUT2D eigenvalue weighted by Crippen LogP contribution is -2.42. The molecule has 1 aromatic rings. The second-order valence-corrected chi connectivity index (χ2v) is 9.32. The SMILES string of the molecule is CCOC(=O)COc1c(Cl)cc(C=C2SC(=O)N(CC(=O)N3CCCCCC3)C2=O)cc1OCC. The van der Waals surface area contributed by atoms with Crippen molar-refractivity contribution in [1.29, 1.82) is 0 Å². The van der Waals surface area contributed by atoms with Crippen LogP contribution in [0.25, 0.3) is 6.08 Å². The maximum atomic E-state index is 12.9. The molecular weight excluding hydrogens is 496 g/mol. The van der Waals surface area contributed by atoms with Crippen LogP contribution in [-0.2, 0) is 19.1 Å². The van der Waals surface area contributed by atoms with Crippen molar-refractivity contribution in [2.75, 3.05) is 39.5 Å². The van der Waals surface area contributed by atoms with E-state index in [1.807, 2.05) is 0 Å². The summed E-state index contributed by atoms with van der Waals surface area (Å²) in [6.45, 7) is 4.70. The molecule has 0 bridgehead atoms. The largest absolute Gasteiger partial charge is 0.490 e. The fourth-order valence-electron chi connectivity index (χ4n) is 3.75. The van der Waals surface area contributed by atoms with Gasteiger partial charge in [0.05, 0.1) is 23.1 Å². The normalized spacial score (nSPS) is 17.5. The first kappa shape index (κ1) is 26.9. The standard InChI is InChI=1S/C24H29ClN2O7S/c1-3-32-18-12-16(11-17(25)22(18)34-15-21(29)33-4-2)13-19-23(30)27(24(31)35-19)14-20(28)26-9-7-5-6-8-10-26/h11-13H,3-10,14-15H2,1-2H3. The van der Waals surface area contributed by atoms with Gasteiger partial charge in [-0.05, 0) is 62.2 Å². The number of hydrogen-bond acceptors (Lipinski definition) is 8. The molecule has 3 amide bonds. The second-order valence-electron chi connectivity index (χ2n) is 7.92. The number of hydrogen-bond donors (Lipinski definition) is 0. The van der Waals surface area contributed by atoms with Crippen LogP contribution in [0.2, 0.25) is 5.02 Å². The van der Waals surface area contributed by atoms with Crippen molar-refractivity contribution >= 4 is 52.5 Å². The van der Waals surface area contributed by atoms with Crippen LogP contribution in [0.15, 0.2) is 17.0 Å². The fraction of sp³-hybridized carbons (Fsp3) is 0.500. The number of rotatable bonds is 9. The van der Waals surface area contributed by atoms with E-state index in [2.05, 4.69) is 0 Å². The van der Waals surface area contributed by atoms with Crippen molar-refractivity contribution in [3.05, 3.63) is 27.6 Å². The molecule has 2 saturated heterocycles. The van der Waals surface area contributed by atoms with E-state index in [1.54, 1.807) is 30.9 Å². The van der Waals surface area contributed by atoms with E-state index in [0.717, 1.165) is 42.3 Å². The number of thioether (sulfide) groups is 1. The van der Waals surface area contributed by atoms with Gasteiger partial charge in [-0.2, -0.15) is 0 Å². The molecule has 9 nitrogen and oxygen atoms in total. The first-order chi connectivity index (χ1) is 16.8. The lowest BCUT2D eigenvalue weighted by molar-refractivity contribution is -0.145. The first-order valence-electron chi connectivity index (χ1n) is 11.6. The minimum atomic E-state index is -0.543. The zero-order valence-electron chi connectivity index (χ0n) is 19.8. The van der Waals surface area contributed by atoms with Gasteiger partial charge in [-0.15, -0.1) is 0 Å². The van der Waals surface area contributed by atoms with E-state index in [9.17, 15) is 19.2 Å². The molecule has 2 heterocycles. The average Bonchev–Trinajstić information content (AvgIpc) is 3.00. The maximum absolute atomic E-state index is 12.9. The summed E-state index contributed by atoms with van der Waals surface area (Å²) in [4.78, 5) is 52.6. The number of ether oxygens (including phenoxy) is 3. The maximum Gasteiger partial charge on any atom is 0.344 e. The van der Waals surface area contributed by atoms with Gasteiger partial charge < -0.3 is 19.1 Å². The van der Waals surface area contributed by atoms with Gasteiger partial charge in [0.15, 0.2) is 18.1 Å². The van der Waals surface area contributed by atoms with E-state index in [0.29, 0.717) is 25.3 Å². The Bertz CT molecular complexity index is 1010. The van der Waals surface area contributed by atoms with Crippen LogP contribution in [0.5, 0.6) is 11.5 Å². The Kier molecular flexibility index (Phi) is 9.85. The van der Waals surface area contributed by atoms with E-state index in [-0.39, 0.29) is 47.1 Å². The predicted molar refractivity (Wildman–Crippen MR) is 132 cm³/mol. The molecule has 0 unspecified atom stereocenters. The minimum Gasteiger partial charge on any atom is -0.490 e. The Balaban J connectivity index is 1.75. The Morgan fingerprint density at radius 3 is 2.43 bits per heavy atom. The zero-order valence-corrected chi connectivity index (χ0v) is 21.4. The molecular formula is C24H29ClN2O7S. The quantitative estimate of drug-likeness (QED) is 0.351. The molecule has 0 saturated carbocycles. The highest BCUT2D eigenvalue weighted by molar-refractivity contribution is 8.18. The van der Waals surface area contributed by atoms with Gasteiger partial charge in [-0.3, -0.25) is 19.3 Å². The number of likely N-dealkylation sites (tertiary alicyclic amines) is 1. The lowest BCUT2D eigenvalue weighted by Gasteiger charge is -2.22. The molecule has 0 atom stereocenters. The van der Waals surface area contributed by atoms with Crippen LogP contribution >= 0.6 is 23.4 Å². The van der Waals surface area contributed by atoms with Crippen molar-refractivity contribution in [2.24, 2.45) is 0 Å². The molecule has 1 aromatic carbocycles. The van der Waals surface area contributed by atoms with E-state index < -0.39 is 17.1 Å². The molecule has 2 aliphatic rings. The molecule has 2 fully saturated rings. The molecule has 190 valence electrons. The third kappa shape index (κ3) is 7.14. The summed E-state index contributed by atoms with van der Waals surface area (Å²) < 4.78 is 16.0. The highest BCUT2D eigenvalue weighted by Gasteiger charge is 2.37. The Labute approximate surface area is 213 Å². The van der Waals surface area contributed by atoms with Crippen LogP contribution in [0.4, 0.5) is 4.79 Å². The van der Waals surface area contributed by atoms with E-state index in [4.69, 9.17) is 25.8 Å². The summed E-state index contributed by atoms with van der Waals surface area (Å²) in [7, 11) is 0. The lowest BCUT2D eigenvalue weighted by atomic mass is 10.1. The highest BCUT2D eigenvalue weighted by Crippen LogP contribution is 2.39. The number of imide groups is 1. The van der Waals surface area contributed by atoms with Crippen LogP contribution in [-0.4, -0.2) is 72.3 Å². The van der Waals surface area contributed by atoms with Crippen molar-refractivity contribution in [3.8, 4) is 11.5 Å². The number of amides is 3. The summed E-state index contributed by atoms with van der Waals surface area (Å²) in [5, 5.41) is -0.322. The van der Waals surface area contributed by atoms with Crippen molar-refractivity contribution in [3.63, 3.8) is 0 Å². The summed E-state index contributed by atoms with van der Waals surface area (Å²) in [5.41, 5.74) is 0.506. The van der Waals surface area contributed by atoms with Crippen LogP contribution in [0, 0.1) is 0 Å². The number of benzene rings is 1. The van der Waals surface area contributed by atoms with Crippen molar-refractivity contribution in [2.45, 2.75) is 39.5 Å². The van der Waals surface area contributed by atoms with Gasteiger partial charge in [0.1, 0.15) is 6.54 Å². The third-order valence-corrected chi connectivity index (χ3v) is 6.58. The van der Waals surface area contributed by atoms with Crippen LogP contribution in [0.1, 0.15) is 45.1 Å². The third-order valence-electron chi connectivity index (χ3n) is 5.39. The Morgan fingerprint density at radius 1 is 1.06 bits per heavy atom. The molecule has 11 heteroatoms. The van der Waals surface area contributed by atoms with Gasteiger partial charge >= 0.3 is 5.97 Å². The minimum absolute atomic E-state index is 0.169. The number of esters is 1. The molecule has 3 rings (SSSR count). The number of halogens is 1. The highest BCUT2D eigenvalue weighted by atomic mass is 35.5. The van der Waals surface area contributed by atoms with Gasteiger partial charge in [-0.1, -0.05) is 24.4 Å². The number of carbonyl (C=O) groups is 4. The second kappa shape index (κ2) is 12.8. The van der Waals surface area contributed by atoms with Gasteiger partial charge in [0, 0.05) is 13.1 Å². The Hall–Kier alpha value is -2.72. The van der Waals surface area contributed by atoms with Crippen LogP contribution < -0.4 is 9.47 Å². The molecule has 2 aliphatic heterocycles. The average molecular weight is 525 g/mol. The molecule has 0 radical (unpaired) electrons. The molecule has 0 spiro atoms. The van der Waals surface area contributed by atoms with Crippen molar-refractivity contribution < 1.29 is 33.4 Å². The zero-order chi connectivity index (χ0) is 25.4. The van der Waals surface area contributed by atoms with E-state index >= 15 is 0 Å². The number of nitrogens with zero attached hydrogens (tertiary/aromatic N) is 2. The summed E-state index contributed by atoms with van der Waals surface area (Å²) in [6.07, 6.45) is 5.52. The number of carbonyl (C=O) groups excluding carboxylic acids is 4. The monoisotopic (exact) mass is 524 g/mol. The summed E-state index contributed by atoms with van der Waals surface area (Å²) in [5.74, 6) is -0.834. The first-order valence-corrected chi connectivity index (χ1v) is 12.8.